The van der Waals surface area contributed by atoms with Crippen LogP contribution in [0.4, 0.5) is 26.3 Å². The van der Waals surface area contributed by atoms with E-state index < -0.39 is 73.6 Å². The van der Waals surface area contributed by atoms with Crippen LogP contribution < -0.4 is 16.7 Å². The van der Waals surface area contributed by atoms with Gasteiger partial charge in [0.2, 0.25) is 12.3 Å². The van der Waals surface area contributed by atoms with E-state index in [1.807, 2.05) is 0 Å². The highest BCUT2D eigenvalue weighted by atomic mass is 35.5. The molecule has 1 heterocycles. The van der Waals surface area contributed by atoms with E-state index in [0.717, 1.165) is 22.8 Å². The van der Waals surface area contributed by atoms with E-state index in [1.165, 1.54) is 30.3 Å². The summed E-state index contributed by atoms with van der Waals surface area (Å²) in [7, 11) is 0. The Morgan fingerprint density at radius 1 is 1.10 bits per heavy atom. The number of nitrogens with two attached hydrogens (primary N) is 1. The van der Waals surface area contributed by atoms with Gasteiger partial charge < -0.3 is 15.2 Å². The van der Waals surface area contributed by atoms with Crippen molar-refractivity contribution in [1.82, 2.24) is 19.7 Å². The summed E-state index contributed by atoms with van der Waals surface area (Å²) in [5.74, 6) is -1.19. The van der Waals surface area contributed by atoms with Crippen LogP contribution in [0.1, 0.15) is 23.6 Å². The number of alkyl halides is 6. The van der Waals surface area contributed by atoms with Crippen molar-refractivity contribution in [3.8, 4) is 11.4 Å². The molecule has 0 saturated carbocycles. The Labute approximate surface area is 221 Å². The lowest BCUT2D eigenvalue weighted by atomic mass is 10.00. The SMILES string of the molecule is NC(O)OCC(NC(=O)Cn1nc(-c2ccc(Cl)cc2)n(CCC(F)(F)F)c1=O)c1ccccc1C(F)(F)F. The minimum absolute atomic E-state index is 0.178. The van der Waals surface area contributed by atoms with Gasteiger partial charge in [-0.2, -0.15) is 26.3 Å². The summed E-state index contributed by atoms with van der Waals surface area (Å²) in [4.78, 5) is 25.7. The monoisotopic (exact) mass is 581 g/mol. The van der Waals surface area contributed by atoms with Crippen LogP contribution in [-0.2, 0) is 28.8 Å². The van der Waals surface area contributed by atoms with Crippen molar-refractivity contribution in [2.45, 2.75) is 44.3 Å². The smallest absolute Gasteiger partial charge is 0.356 e. The number of aromatic nitrogens is 3. The first-order valence-electron chi connectivity index (χ1n) is 11.2. The molecule has 3 aromatic rings. The predicted octanol–water partition coefficient (Wildman–Crippen LogP) is 3.45. The third kappa shape index (κ3) is 8.29. The van der Waals surface area contributed by atoms with Gasteiger partial charge in [0.05, 0.1) is 24.6 Å². The molecule has 16 heteroatoms. The summed E-state index contributed by atoms with van der Waals surface area (Å²) < 4.78 is 85.5. The molecule has 0 radical (unpaired) electrons. The number of halogens is 7. The van der Waals surface area contributed by atoms with Crippen molar-refractivity contribution in [1.29, 1.82) is 0 Å². The quantitative estimate of drug-likeness (QED) is 0.249. The predicted molar refractivity (Wildman–Crippen MR) is 126 cm³/mol. The number of amides is 1. The van der Waals surface area contributed by atoms with E-state index in [4.69, 9.17) is 22.1 Å². The molecule has 0 spiro atoms. The first kappa shape index (κ1) is 30.1. The number of ether oxygens (including phenoxy) is 1. The molecule has 0 aliphatic carbocycles. The molecule has 2 unspecified atom stereocenters. The molecule has 9 nitrogen and oxygen atoms in total. The molecule has 3 rings (SSSR count). The summed E-state index contributed by atoms with van der Waals surface area (Å²) >= 11 is 5.85. The van der Waals surface area contributed by atoms with Crippen LogP contribution in [0.2, 0.25) is 5.02 Å². The molecule has 0 bridgehead atoms. The van der Waals surface area contributed by atoms with Gasteiger partial charge >= 0.3 is 18.0 Å². The number of nitrogens with zero attached hydrogens (tertiary/aromatic N) is 3. The second-order valence-electron chi connectivity index (χ2n) is 8.22. The van der Waals surface area contributed by atoms with Crippen molar-refractivity contribution in [3.63, 3.8) is 0 Å². The molecule has 0 aliphatic rings. The van der Waals surface area contributed by atoms with E-state index in [1.54, 1.807) is 0 Å². The summed E-state index contributed by atoms with van der Waals surface area (Å²) in [6.07, 6.45) is -12.6. The second-order valence-corrected chi connectivity index (χ2v) is 8.65. The zero-order valence-corrected chi connectivity index (χ0v) is 20.6. The van der Waals surface area contributed by atoms with Crippen LogP contribution in [0, 0.1) is 0 Å². The van der Waals surface area contributed by atoms with E-state index >= 15 is 0 Å². The third-order valence-electron chi connectivity index (χ3n) is 5.35. The fourth-order valence-electron chi connectivity index (χ4n) is 3.64. The highest BCUT2D eigenvalue weighted by molar-refractivity contribution is 6.30. The Morgan fingerprint density at radius 3 is 2.33 bits per heavy atom. The number of benzene rings is 2. The van der Waals surface area contributed by atoms with Gasteiger partial charge in [-0.15, -0.1) is 5.10 Å². The highest BCUT2D eigenvalue weighted by Crippen LogP contribution is 2.34. The summed E-state index contributed by atoms with van der Waals surface area (Å²) in [6.45, 7) is -2.33. The normalized spacial score (nSPS) is 13.8. The number of hydrogen-bond acceptors (Lipinski definition) is 6. The molecule has 0 aliphatic heterocycles. The minimum Gasteiger partial charge on any atom is -0.356 e. The number of rotatable bonds is 10. The van der Waals surface area contributed by atoms with Gasteiger partial charge in [0.1, 0.15) is 6.54 Å². The van der Waals surface area contributed by atoms with Crippen LogP contribution in [0.5, 0.6) is 0 Å². The Morgan fingerprint density at radius 2 is 1.74 bits per heavy atom. The standard InChI is InChI=1S/C23H22ClF6N5O4/c24-14-7-5-13(6-8-14)19-33-35(21(38)34(19)10-9-22(25,26)27)11-18(36)32-17(12-39-20(31)37)15-3-1-2-4-16(15)23(28,29)30/h1-8,17,20,37H,9-12,31H2,(H,32,36). The topological polar surface area (TPSA) is 124 Å². The summed E-state index contributed by atoms with van der Waals surface area (Å²) in [5.41, 5.74) is 2.79. The molecular formula is C23H22ClF6N5O4. The number of aliphatic hydroxyl groups excluding tert-OH is 1. The lowest BCUT2D eigenvalue weighted by molar-refractivity contribution is -0.140. The maximum atomic E-state index is 13.6. The Balaban J connectivity index is 1.93. The van der Waals surface area contributed by atoms with Gasteiger partial charge in [-0.05, 0) is 35.9 Å². The van der Waals surface area contributed by atoms with Gasteiger partial charge in [0.25, 0.3) is 0 Å². The van der Waals surface area contributed by atoms with Crippen LogP contribution in [0.15, 0.2) is 53.3 Å². The van der Waals surface area contributed by atoms with Crippen LogP contribution in [0.3, 0.4) is 0 Å². The van der Waals surface area contributed by atoms with Crippen molar-refractivity contribution in [2.24, 2.45) is 5.73 Å². The van der Waals surface area contributed by atoms with Gasteiger partial charge in [0, 0.05) is 17.1 Å². The first-order chi connectivity index (χ1) is 18.2. The molecule has 2 aromatic carbocycles. The molecule has 4 N–H and O–H groups in total. The molecule has 2 atom stereocenters. The fraction of sp³-hybridized carbons (Fsp3) is 0.348. The number of aliphatic hydroxyl groups is 1. The first-order valence-corrected chi connectivity index (χ1v) is 11.5. The van der Waals surface area contributed by atoms with Crippen molar-refractivity contribution in [3.05, 3.63) is 75.2 Å². The average Bonchev–Trinajstić information content (AvgIpc) is 3.14. The highest BCUT2D eigenvalue weighted by Gasteiger charge is 2.36. The Kier molecular flexibility index (Phi) is 9.43. The molecule has 212 valence electrons. The van der Waals surface area contributed by atoms with Crippen LogP contribution >= 0.6 is 11.6 Å². The number of nitrogens with one attached hydrogen (secondary N) is 1. The second kappa shape index (κ2) is 12.2. The van der Waals surface area contributed by atoms with Crippen LogP contribution in [0.25, 0.3) is 11.4 Å². The van der Waals surface area contributed by atoms with E-state index in [-0.39, 0.29) is 11.4 Å². The van der Waals surface area contributed by atoms with E-state index in [9.17, 15) is 41.0 Å². The van der Waals surface area contributed by atoms with Crippen LogP contribution in [-0.4, -0.2) is 44.6 Å². The summed E-state index contributed by atoms with van der Waals surface area (Å²) in [5, 5.41) is 15.8. The van der Waals surface area contributed by atoms with Crippen molar-refractivity contribution < 1.29 is 41.0 Å². The fourth-order valence-corrected chi connectivity index (χ4v) is 3.76. The molecule has 39 heavy (non-hydrogen) atoms. The van der Waals surface area contributed by atoms with Gasteiger partial charge in [-0.25, -0.2) is 9.48 Å². The largest absolute Gasteiger partial charge is 0.416 e. The molecule has 1 aromatic heterocycles. The maximum Gasteiger partial charge on any atom is 0.416 e. The summed E-state index contributed by atoms with van der Waals surface area (Å²) in [6, 6.07) is 8.48. The lowest BCUT2D eigenvalue weighted by Gasteiger charge is -2.23. The molecule has 0 fully saturated rings. The zero-order chi connectivity index (χ0) is 29.0. The molecular weight excluding hydrogens is 560 g/mol. The molecule has 1 amide bonds. The number of hydrogen-bond donors (Lipinski definition) is 3. The van der Waals surface area contributed by atoms with E-state index in [2.05, 4.69) is 10.4 Å². The van der Waals surface area contributed by atoms with Crippen molar-refractivity contribution in [2.75, 3.05) is 6.61 Å². The van der Waals surface area contributed by atoms with Gasteiger partial charge in [-0.1, -0.05) is 29.8 Å². The van der Waals surface area contributed by atoms with Gasteiger partial charge in [0.15, 0.2) is 5.82 Å². The average molecular weight is 582 g/mol. The Hall–Kier alpha value is -3.40. The zero-order valence-electron chi connectivity index (χ0n) is 19.8. The maximum absolute atomic E-state index is 13.6. The lowest BCUT2D eigenvalue weighted by Crippen LogP contribution is -2.39. The molecule has 0 saturated heterocycles. The Bertz CT molecular complexity index is 1340. The number of carbonyl (C=O) groups excluding carboxylic acids is 1. The number of carbonyl (C=O) groups is 1. The minimum atomic E-state index is -4.80. The van der Waals surface area contributed by atoms with Gasteiger partial charge in [-0.3, -0.25) is 15.1 Å². The third-order valence-corrected chi connectivity index (χ3v) is 5.60. The van der Waals surface area contributed by atoms with E-state index in [0.29, 0.717) is 9.70 Å². The van der Waals surface area contributed by atoms with Crippen molar-refractivity contribution >= 4 is 17.5 Å².